The van der Waals surface area contributed by atoms with Crippen LogP contribution in [0.25, 0.3) is 0 Å². The number of phenolic OH excluding ortho intramolecular Hbond substituents is 1. The molecule has 0 atom stereocenters. The molecular formula is C15H17NO3. The summed E-state index contributed by atoms with van der Waals surface area (Å²) in [6.45, 7) is 0.510. The molecule has 2 aromatic rings. The van der Waals surface area contributed by atoms with Gasteiger partial charge in [-0.05, 0) is 18.2 Å². The van der Waals surface area contributed by atoms with Crippen molar-refractivity contribution in [1.82, 2.24) is 0 Å². The summed E-state index contributed by atoms with van der Waals surface area (Å²) in [5, 5.41) is 13.0. The van der Waals surface area contributed by atoms with Crippen molar-refractivity contribution in [1.29, 1.82) is 0 Å². The average molecular weight is 259 g/mol. The van der Waals surface area contributed by atoms with E-state index in [2.05, 4.69) is 5.32 Å². The van der Waals surface area contributed by atoms with E-state index in [4.69, 9.17) is 9.47 Å². The first kappa shape index (κ1) is 13.1. The molecule has 19 heavy (non-hydrogen) atoms. The molecule has 2 aromatic carbocycles. The number of rotatable bonds is 5. The Morgan fingerprint density at radius 2 is 1.79 bits per heavy atom. The van der Waals surface area contributed by atoms with Crippen molar-refractivity contribution in [2.45, 2.75) is 6.54 Å². The molecular weight excluding hydrogens is 242 g/mol. The molecule has 4 nitrogen and oxygen atoms in total. The van der Waals surface area contributed by atoms with E-state index in [1.54, 1.807) is 26.4 Å². The van der Waals surface area contributed by atoms with E-state index in [1.165, 1.54) is 0 Å². The largest absolute Gasteiger partial charge is 0.508 e. The highest BCUT2D eigenvalue weighted by Crippen LogP contribution is 2.35. The summed E-state index contributed by atoms with van der Waals surface area (Å²) >= 11 is 0. The topological polar surface area (TPSA) is 50.7 Å². The van der Waals surface area contributed by atoms with Gasteiger partial charge in [-0.2, -0.15) is 0 Å². The summed E-state index contributed by atoms with van der Waals surface area (Å²) in [5.74, 6) is 1.60. The van der Waals surface area contributed by atoms with E-state index in [-0.39, 0.29) is 5.75 Å². The predicted octanol–water partition coefficient (Wildman–Crippen LogP) is 3.02. The van der Waals surface area contributed by atoms with Crippen molar-refractivity contribution < 1.29 is 14.6 Å². The average Bonchev–Trinajstić information content (AvgIpc) is 2.45. The number of hydrogen-bond donors (Lipinski definition) is 2. The van der Waals surface area contributed by atoms with Crippen molar-refractivity contribution >= 4 is 5.69 Å². The molecule has 0 radical (unpaired) electrons. The molecule has 2 rings (SSSR count). The van der Waals surface area contributed by atoms with Crippen LogP contribution in [0, 0.1) is 0 Å². The highest BCUT2D eigenvalue weighted by atomic mass is 16.5. The van der Waals surface area contributed by atoms with Crippen LogP contribution in [0.3, 0.4) is 0 Å². The van der Waals surface area contributed by atoms with Gasteiger partial charge in [-0.3, -0.25) is 0 Å². The van der Waals surface area contributed by atoms with E-state index in [9.17, 15) is 5.11 Å². The molecule has 0 aliphatic heterocycles. The fourth-order valence-electron chi connectivity index (χ4n) is 1.88. The molecule has 4 heteroatoms. The van der Waals surface area contributed by atoms with Crippen LogP contribution >= 0.6 is 0 Å². The van der Waals surface area contributed by atoms with E-state index < -0.39 is 0 Å². The lowest BCUT2D eigenvalue weighted by molar-refractivity contribution is 0.356. The third-order valence-corrected chi connectivity index (χ3v) is 2.86. The van der Waals surface area contributed by atoms with Gasteiger partial charge in [0.2, 0.25) is 0 Å². The van der Waals surface area contributed by atoms with Gasteiger partial charge in [0.05, 0.1) is 19.9 Å². The van der Waals surface area contributed by atoms with Crippen LogP contribution < -0.4 is 14.8 Å². The Labute approximate surface area is 112 Å². The summed E-state index contributed by atoms with van der Waals surface area (Å²) in [7, 11) is 3.20. The quantitative estimate of drug-likeness (QED) is 0.866. The summed E-state index contributed by atoms with van der Waals surface area (Å²) < 4.78 is 10.6. The smallest absolute Gasteiger partial charge is 0.183 e. The third-order valence-electron chi connectivity index (χ3n) is 2.86. The van der Waals surface area contributed by atoms with Gasteiger partial charge >= 0.3 is 0 Å². The molecule has 0 heterocycles. The number of methoxy groups -OCH3 is 2. The van der Waals surface area contributed by atoms with Crippen molar-refractivity contribution in [2.24, 2.45) is 0 Å². The van der Waals surface area contributed by atoms with Gasteiger partial charge < -0.3 is 19.9 Å². The highest BCUT2D eigenvalue weighted by molar-refractivity contribution is 5.63. The molecule has 0 saturated carbocycles. The summed E-state index contributed by atoms with van der Waals surface area (Å²) in [6.07, 6.45) is 0. The Balaban J connectivity index is 2.18. The van der Waals surface area contributed by atoms with E-state index in [1.807, 2.05) is 30.3 Å². The van der Waals surface area contributed by atoms with Crippen LogP contribution in [0.4, 0.5) is 5.69 Å². The summed E-state index contributed by atoms with van der Waals surface area (Å²) in [6, 6.07) is 12.8. The second-order valence-corrected chi connectivity index (χ2v) is 4.02. The van der Waals surface area contributed by atoms with Crippen LogP contribution in [0.2, 0.25) is 0 Å². The number of aromatic hydroxyl groups is 1. The second kappa shape index (κ2) is 6.00. The Bertz CT molecular complexity index is 555. The number of phenols is 1. The number of ether oxygens (including phenoxy) is 2. The molecule has 0 unspecified atom stereocenters. The zero-order valence-electron chi connectivity index (χ0n) is 11.0. The molecule has 0 spiro atoms. The fraction of sp³-hybridized carbons (Fsp3) is 0.200. The lowest BCUT2D eigenvalue weighted by atomic mass is 10.2. The maximum Gasteiger partial charge on any atom is 0.183 e. The van der Waals surface area contributed by atoms with Crippen LogP contribution in [0.15, 0.2) is 42.5 Å². The van der Waals surface area contributed by atoms with Crippen LogP contribution in [0.5, 0.6) is 17.2 Å². The highest BCUT2D eigenvalue weighted by Gasteiger charge is 2.09. The van der Waals surface area contributed by atoms with E-state index in [0.29, 0.717) is 18.0 Å². The molecule has 2 N–H and O–H groups in total. The van der Waals surface area contributed by atoms with Gasteiger partial charge in [0.25, 0.3) is 0 Å². The molecule has 0 bridgehead atoms. The normalized spacial score (nSPS) is 10.0. The van der Waals surface area contributed by atoms with E-state index in [0.717, 1.165) is 11.3 Å². The molecule has 0 saturated heterocycles. The number of anilines is 1. The maximum atomic E-state index is 9.72. The minimum atomic E-state index is 0.275. The maximum absolute atomic E-state index is 9.72. The molecule has 0 fully saturated rings. The van der Waals surface area contributed by atoms with Crippen LogP contribution in [0.1, 0.15) is 5.56 Å². The standard InChI is InChI=1S/C15H17NO3/c1-18-14-9-5-7-12(15(14)19-2)16-10-11-6-3-4-8-13(11)17/h3-9,16-17H,10H2,1-2H3. The Kier molecular flexibility index (Phi) is 4.13. The number of para-hydroxylation sites is 2. The van der Waals surface area contributed by atoms with Crippen molar-refractivity contribution in [3.63, 3.8) is 0 Å². The molecule has 100 valence electrons. The first-order chi connectivity index (χ1) is 9.26. The van der Waals surface area contributed by atoms with Gasteiger partial charge in [-0.15, -0.1) is 0 Å². The SMILES string of the molecule is COc1cccc(NCc2ccccc2O)c1OC. The Morgan fingerprint density at radius 3 is 2.47 bits per heavy atom. The van der Waals surface area contributed by atoms with Gasteiger partial charge in [-0.1, -0.05) is 24.3 Å². The van der Waals surface area contributed by atoms with Crippen molar-refractivity contribution in [2.75, 3.05) is 19.5 Å². The monoisotopic (exact) mass is 259 g/mol. The van der Waals surface area contributed by atoms with Gasteiger partial charge in [0, 0.05) is 12.1 Å². The van der Waals surface area contributed by atoms with Crippen LogP contribution in [-0.2, 0) is 6.54 Å². The van der Waals surface area contributed by atoms with E-state index >= 15 is 0 Å². The second-order valence-electron chi connectivity index (χ2n) is 4.02. The molecule has 0 aromatic heterocycles. The van der Waals surface area contributed by atoms with Crippen molar-refractivity contribution in [3.05, 3.63) is 48.0 Å². The number of benzene rings is 2. The van der Waals surface area contributed by atoms with Gasteiger partial charge in [0.1, 0.15) is 5.75 Å². The first-order valence-corrected chi connectivity index (χ1v) is 5.98. The summed E-state index contributed by atoms with van der Waals surface area (Å²) in [5.41, 5.74) is 1.65. The summed E-state index contributed by atoms with van der Waals surface area (Å²) in [4.78, 5) is 0. The number of nitrogens with one attached hydrogen (secondary N) is 1. The van der Waals surface area contributed by atoms with Crippen LogP contribution in [-0.4, -0.2) is 19.3 Å². The Hall–Kier alpha value is -2.36. The molecule has 0 aliphatic carbocycles. The molecule has 0 amide bonds. The Morgan fingerprint density at radius 1 is 1.00 bits per heavy atom. The first-order valence-electron chi connectivity index (χ1n) is 5.98. The van der Waals surface area contributed by atoms with Gasteiger partial charge in [0.15, 0.2) is 11.5 Å². The minimum absolute atomic E-state index is 0.275. The molecule has 0 aliphatic rings. The minimum Gasteiger partial charge on any atom is -0.508 e. The fourth-order valence-corrected chi connectivity index (χ4v) is 1.88. The zero-order valence-corrected chi connectivity index (χ0v) is 11.0. The van der Waals surface area contributed by atoms with Gasteiger partial charge in [-0.25, -0.2) is 0 Å². The zero-order chi connectivity index (χ0) is 13.7. The third kappa shape index (κ3) is 2.91. The lowest BCUT2D eigenvalue weighted by Gasteiger charge is -2.14. The predicted molar refractivity (Wildman–Crippen MR) is 75.0 cm³/mol. The lowest BCUT2D eigenvalue weighted by Crippen LogP contribution is -2.02. The number of hydrogen-bond acceptors (Lipinski definition) is 4. The van der Waals surface area contributed by atoms with Crippen molar-refractivity contribution in [3.8, 4) is 17.2 Å².